The van der Waals surface area contributed by atoms with Crippen molar-refractivity contribution in [3.63, 3.8) is 0 Å². The second-order valence-electron chi connectivity index (χ2n) is 6.85. The van der Waals surface area contributed by atoms with E-state index in [1.807, 2.05) is 24.9 Å². The second-order valence-corrected chi connectivity index (χ2v) is 6.85. The van der Waals surface area contributed by atoms with Crippen LogP contribution in [-0.4, -0.2) is 46.6 Å². The molecule has 0 atom stereocenters. The zero-order chi connectivity index (χ0) is 16.2. The molecule has 1 aromatic heterocycles. The highest BCUT2D eigenvalue weighted by molar-refractivity contribution is 5.91. The van der Waals surface area contributed by atoms with Crippen LogP contribution in [0.5, 0.6) is 0 Å². The maximum atomic E-state index is 12.0. The molecule has 2 rings (SSSR count). The molecule has 5 heteroatoms. The smallest absolute Gasteiger partial charge is 0.239 e. The molecule has 1 amide bonds. The summed E-state index contributed by atoms with van der Waals surface area (Å²) in [6.07, 6.45) is 5.48. The molecule has 1 saturated carbocycles. The molecule has 22 heavy (non-hydrogen) atoms. The van der Waals surface area contributed by atoms with Gasteiger partial charge < -0.3 is 10.4 Å². The van der Waals surface area contributed by atoms with E-state index in [1.165, 1.54) is 0 Å². The van der Waals surface area contributed by atoms with E-state index < -0.39 is 5.60 Å². The summed E-state index contributed by atoms with van der Waals surface area (Å²) in [7, 11) is 1.87. The number of carbonyl (C=O) groups is 1. The van der Waals surface area contributed by atoms with Gasteiger partial charge in [-0.1, -0.05) is 13.0 Å². The number of carbonyl (C=O) groups excluding carboxylic acids is 1. The Labute approximate surface area is 132 Å². The van der Waals surface area contributed by atoms with Gasteiger partial charge >= 0.3 is 0 Å². The third-order valence-electron chi connectivity index (χ3n) is 4.36. The van der Waals surface area contributed by atoms with Crippen molar-refractivity contribution in [2.75, 3.05) is 25.5 Å². The first-order valence-corrected chi connectivity index (χ1v) is 8.00. The van der Waals surface area contributed by atoms with E-state index in [9.17, 15) is 9.90 Å². The van der Waals surface area contributed by atoms with Crippen molar-refractivity contribution >= 4 is 11.7 Å². The molecule has 0 saturated heterocycles. The van der Waals surface area contributed by atoms with Gasteiger partial charge in [0.2, 0.25) is 5.91 Å². The Morgan fingerprint density at radius 2 is 2.14 bits per heavy atom. The van der Waals surface area contributed by atoms with Crippen molar-refractivity contribution in [3.8, 4) is 0 Å². The summed E-state index contributed by atoms with van der Waals surface area (Å²) in [5, 5.41) is 13.4. The molecule has 0 aliphatic heterocycles. The Morgan fingerprint density at radius 1 is 1.45 bits per heavy atom. The lowest BCUT2D eigenvalue weighted by Gasteiger charge is -2.37. The number of nitrogens with one attached hydrogen (secondary N) is 1. The minimum absolute atomic E-state index is 0.105. The number of aryl methyl sites for hydroxylation is 1. The summed E-state index contributed by atoms with van der Waals surface area (Å²) < 4.78 is 0. The highest BCUT2D eigenvalue weighted by atomic mass is 16.3. The van der Waals surface area contributed by atoms with E-state index in [1.54, 1.807) is 12.3 Å². The van der Waals surface area contributed by atoms with Gasteiger partial charge in [-0.05, 0) is 57.2 Å². The minimum atomic E-state index is -0.649. The second kappa shape index (κ2) is 7.20. The summed E-state index contributed by atoms with van der Waals surface area (Å²) in [4.78, 5) is 18.1. The van der Waals surface area contributed by atoms with E-state index >= 15 is 0 Å². The number of aliphatic hydroxyl groups is 1. The largest absolute Gasteiger partial charge is 0.389 e. The zero-order valence-corrected chi connectivity index (χ0v) is 13.8. The lowest BCUT2D eigenvalue weighted by Crippen LogP contribution is -2.46. The standard InChI is InChI=1S/C17H27N3O2/c1-13-6-8-17(22,9-7-13)12-20(3)11-16(21)19-15-5-4-14(2)10-18-15/h4-5,10,13,22H,6-9,11-12H2,1-3H3,(H,18,19,21). The van der Waals surface area contributed by atoms with Gasteiger partial charge in [-0.15, -0.1) is 0 Å². The molecule has 1 aliphatic carbocycles. The Kier molecular flexibility index (Phi) is 5.53. The molecule has 1 fully saturated rings. The molecule has 0 bridgehead atoms. The van der Waals surface area contributed by atoms with Crippen LogP contribution in [0.25, 0.3) is 0 Å². The summed E-state index contributed by atoms with van der Waals surface area (Å²) in [5.74, 6) is 1.15. The van der Waals surface area contributed by atoms with Crippen molar-refractivity contribution in [1.82, 2.24) is 9.88 Å². The first-order valence-electron chi connectivity index (χ1n) is 8.00. The maximum absolute atomic E-state index is 12.0. The molecule has 1 aliphatic rings. The predicted molar refractivity (Wildman–Crippen MR) is 87.7 cm³/mol. The van der Waals surface area contributed by atoms with Gasteiger partial charge in [0.15, 0.2) is 0 Å². The average Bonchev–Trinajstić information content (AvgIpc) is 2.44. The van der Waals surface area contributed by atoms with Gasteiger partial charge in [0.05, 0.1) is 12.1 Å². The van der Waals surface area contributed by atoms with E-state index in [0.29, 0.717) is 18.3 Å². The third-order valence-corrected chi connectivity index (χ3v) is 4.36. The first kappa shape index (κ1) is 16.9. The van der Waals surface area contributed by atoms with Crippen molar-refractivity contribution in [1.29, 1.82) is 0 Å². The lowest BCUT2D eigenvalue weighted by molar-refractivity contribution is -0.118. The summed E-state index contributed by atoms with van der Waals surface area (Å²) in [6, 6.07) is 3.71. The van der Waals surface area contributed by atoms with Crippen molar-refractivity contribution in [3.05, 3.63) is 23.9 Å². The van der Waals surface area contributed by atoms with Crippen LogP contribution in [0.1, 0.15) is 38.2 Å². The van der Waals surface area contributed by atoms with Crippen LogP contribution >= 0.6 is 0 Å². The highest BCUT2D eigenvalue weighted by Gasteiger charge is 2.33. The van der Waals surface area contributed by atoms with Gasteiger partial charge in [-0.25, -0.2) is 4.98 Å². The van der Waals surface area contributed by atoms with Gasteiger partial charge in [0.25, 0.3) is 0 Å². The molecule has 122 valence electrons. The van der Waals surface area contributed by atoms with Crippen LogP contribution in [-0.2, 0) is 4.79 Å². The van der Waals surface area contributed by atoms with Crippen LogP contribution in [0, 0.1) is 12.8 Å². The van der Waals surface area contributed by atoms with Crippen LogP contribution in [0.4, 0.5) is 5.82 Å². The van der Waals surface area contributed by atoms with E-state index in [0.717, 1.165) is 31.2 Å². The van der Waals surface area contributed by atoms with Crippen LogP contribution < -0.4 is 5.32 Å². The molecule has 0 radical (unpaired) electrons. The van der Waals surface area contributed by atoms with E-state index in [-0.39, 0.29) is 12.5 Å². The van der Waals surface area contributed by atoms with Gasteiger partial charge in [0.1, 0.15) is 5.82 Å². The molecule has 0 aromatic carbocycles. The Balaban J connectivity index is 1.79. The molecule has 0 spiro atoms. The SMILES string of the molecule is Cc1ccc(NC(=O)CN(C)CC2(O)CCC(C)CC2)nc1. The monoisotopic (exact) mass is 305 g/mol. The molecular weight excluding hydrogens is 278 g/mol. The fourth-order valence-corrected chi connectivity index (χ4v) is 2.99. The predicted octanol–water partition coefficient (Wildman–Crippen LogP) is 2.20. The summed E-state index contributed by atoms with van der Waals surface area (Å²) in [6.45, 7) is 4.98. The van der Waals surface area contributed by atoms with E-state index in [2.05, 4.69) is 17.2 Å². The molecule has 1 heterocycles. The number of likely N-dealkylation sites (N-methyl/N-ethyl adjacent to an activating group) is 1. The molecule has 0 unspecified atom stereocenters. The lowest BCUT2D eigenvalue weighted by atomic mass is 9.79. The van der Waals surface area contributed by atoms with Crippen molar-refractivity contribution in [2.45, 2.75) is 45.1 Å². The molecule has 1 aromatic rings. The van der Waals surface area contributed by atoms with Crippen molar-refractivity contribution < 1.29 is 9.90 Å². The van der Waals surface area contributed by atoms with Gasteiger partial charge in [-0.2, -0.15) is 0 Å². The molecule has 5 nitrogen and oxygen atoms in total. The van der Waals surface area contributed by atoms with Crippen LogP contribution in [0.3, 0.4) is 0 Å². The number of amides is 1. The number of hydrogen-bond donors (Lipinski definition) is 2. The van der Waals surface area contributed by atoms with Crippen LogP contribution in [0.2, 0.25) is 0 Å². The third kappa shape index (κ3) is 5.07. The fraction of sp³-hybridized carbons (Fsp3) is 0.647. The Morgan fingerprint density at radius 3 is 2.73 bits per heavy atom. The quantitative estimate of drug-likeness (QED) is 0.875. The Hall–Kier alpha value is -1.46. The van der Waals surface area contributed by atoms with Crippen LogP contribution in [0.15, 0.2) is 18.3 Å². The molecule has 2 N–H and O–H groups in total. The number of pyridine rings is 1. The van der Waals surface area contributed by atoms with Crippen molar-refractivity contribution in [2.24, 2.45) is 5.92 Å². The fourth-order valence-electron chi connectivity index (χ4n) is 2.99. The number of anilines is 1. The number of rotatable bonds is 5. The Bertz CT molecular complexity index is 493. The summed E-state index contributed by atoms with van der Waals surface area (Å²) in [5.41, 5.74) is 0.410. The summed E-state index contributed by atoms with van der Waals surface area (Å²) >= 11 is 0. The first-order chi connectivity index (χ1) is 10.4. The minimum Gasteiger partial charge on any atom is -0.389 e. The number of aromatic nitrogens is 1. The van der Waals surface area contributed by atoms with Gasteiger partial charge in [0, 0.05) is 12.7 Å². The normalized spacial score (nSPS) is 25.2. The van der Waals surface area contributed by atoms with Gasteiger partial charge in [-0.3, -0.25) is 9.69 Å². The number of hydrogen-bond acceptors (Lipinski definition) is 4. The van der Waals surface area contributed by atoms with E-state index in [4.69, 9.17) is 0 Å². The topological polar surface area (TPSA) is 65.5 Å². The highest BCUT2D eigenvalue weighted by Crippen LogP contribution is 2.32. The average molecular weight is 305 g/mol. The molecular formula is C17H27N3O2. The number of nitrogens with zero attached hydrogens (tertiary/aromatic N) is 2. The maximum Gasteiger partial charge on any atom is 0.239 e. The zero-order valence-electron chi connectivity index (χ0n) is 13.8.